The molecule has 0 saturated carbocycles. The Bertz CT molecular complexity index is 1080. The van der Waals surface area contributed by atoms with Crippen molar-refractivity contribution in [1.29, 1.82) is 5.26 Å². The molecule has 1 amide bonds. The lowest BCUT2D eigenvalue weighted by atomic mass is 10.1. The number of benzene rings is 2. The molecule has 0 radical (unpaired) electrons. The van der Waals surface area contributed by atoms with E-state index in [2.05, 4.69) is 20.6 Å². The first-order valence-corrected chi connectivity index (χ1v) is 8.93. The molecule has 0 fully saturated rings. The van der Waals surface area contributed by atoms with Crippen LogP contribution in [0.15, 0.2) is 54.5 Å². The Labute approximate surface area is 168 Å². The van der Waals surface area contributed by atoms with Crippen LogP contribution in [0.3, 0.4) is 0 Å². The minimum Gasteiger partial charge on any atom is -0.493 e. The fourth-order valence-corrected chi connectivity index (χ4v) is 2.78. The standard InChI is InChI=1S/C21H21N5O3/c1-28-19-6-3-14(9-20(19)29-2)7-8-23-21(27)15(11-22)12-24-16-4-5-17-18(10-16)26-13-25-17/h3-6,9-10,12-13,24H,7-8H2,1-2H3,(H,23,27)(H,25,26)/b15-12-. The number of carbonyl (C=O) groups excluding carboxylic acids is 1. The van der Waals surface area contributed by atoms with Gasteiger partial charge >= 0.3 is 0 Å². The van der Waals surface area contributed by atoms with Gasteiger partial charge in [-0.15, -0.1) is 0 Å². The first-order chi connectivity index (χ1) is 14.1. The lowest BCUT2D eigenvalue weighted by molar-refractivity contribution is -0.117. The number of carbonyl (C=O) groups is 1. The molecular formula is C21H21N5O3. The fourth-order valence-electron chi connectivity index (χ4n) is 2.78. The number of imidazole rings is 1. The van der Waals surface area contributed by atoms with Gasteiger partial charge in [-0.1, -0.05) is 6.07 Å². The zero-order valence-corrected chi connectivity index (χ0v) is 16.2. The zero-order chi connectivity index (χ0) is 20.6. The average molecular weight is 391 g/mol. The van der Waals surface area contributed by atoms with Gasteiger partial charge in [0.15, 0.2) is 11.5 Å². The van der Waals surface area contributed by atoms with E-state index in [0.717, 1.165) is 22.3 Å². The number of amides is 1. The van der Waals surface area contributed by atoms with E-state index < -0.39 is 5.91 Å². The minimum atomic E-state index is -0.442. The molecule has 0 saturated heterocycles. The molecule has 3 rings (SSSR count). The predicted octanol–water partition coefficient (Wildman–Crippen LogP) is 2.76. The number of nitrogens with zero attached hydrogens (tertiary/aromatic N) is 2. The van der Waals surface area contributed by atoms with Crippen molar-refractivity contribution in [3.63, 3.8) is 0 Å². The van der Waals surface area contributed by atoms with Crippen molar-refractivity contribution < 1.29 is 14.3 Å². The lowest BCUT2D eigenvalue weighted by Crippen LogP contribution is -2.27. The van der Waals surface area contributed by atoms with Crippen molar-refractivity contribution in [2.75, 3.05) is 26.1 Å². The molecule has 8 heteroatoms. The highest BCUT2D eigenvalue weighted by Crippen LogP contribution is 2.27. The number of hydrogen-bond donors (Lipinski definition) is 3. The maximum Gasteiger partial charge on any atom is 0.263 e. The number of rotatable bonds is 8. The summed E-state index contributed by atoms with van der Waals surface area (Å²) in [5.74, 6) is 0.838. The summed E-state index contributed by atoms with van der Waals surface area (Å²) in [5, 5.41) is 15.0. The summed E-state index contributed by atoms with van der Waals surface area (Å²) in [6, 6.07) is 13.0. The third kappa shape index (κ3) is 4.84. The lowest BCUT2D eigenvalue weighted by Gasteiger charge is -2.10. The second-order valence-electron chi connectivity index (χ2n) is 6.14. The van der Waals surface area contributed by atoms with Crippen molar-refractivity contribution in [2.45, 2.75) is 6.42 Å². The molecular weight excluding hydrogens is 370 g/mol. The van der Waals surface area contributed by atoms with E-state index in [1.54, 1.807) is 20.5 Å². The van der Waals surface area contributed by atoms with Crippen LogP contribution in [-0.4, -0.2) is 36.6 Å². The van der Waals surface area contributed by atoms with Crippen LogP contribution in [0.4, 0.5) is 5.69 Å². The molecule has 3 N–H and O–H groups in total. The molecule has 0 spiro atoms. The minimum absolute atomic E-state index is 0.0120. The summed E-state index contributed by atoms with van der Waals surface area (Å²) in [7, 11) is 3.15. The summed E-state index contributed by atoms with van der Waals surface area (Å²) in [6.45, 7) is 0.382. The van der Waals surface area contributed by atoms with Gasteiger partial charge in [-0.2, -0.15) is 5.26 Å². The summed E-state index contributed by atoms with van der Waals surface area (Å²) in [5.41, 5.74) is 3.42. The molecule has 29 heavy (non-hydrogen) atoms. The van der Waals surface area contributed by atoms with Crippen LogP contribution in [0.5, 0.6) is 11.5 Å². The highest BCUT2D eigenvalue weighted by Gasteiger charge is 2.09. The van der Waals surface area contributed by atoms with E-state index in [9.17, 15) is 10.1 Å². The first-order valence-electron chi connectivity index (χ1n) is 8.93. The molecule has 8 nitrogen and oxygen atoms in total. The number of ether oxygens (including phenoxy) is 2. The van der Waals surface area contributed by atoms with E-state index in [1.165, 1.54) is 6.20 Å². The molecule has 0 aliphatic carbocycles. The number of aromatic amines is 1. The Kier molecular flexibility index (Phi) is 6.32. The van der Waals surface area contributed by atoms with Crippen molar-refractivity contribution in [2.24, 2.45) is 0 Å². The van der Waals surface area contributed by atoms with Crippen LogP contribution in [-0.2, 0) is 11.2 Å². The smallest absolute Gasteiger partial charge is 0.263 e. The molecule has 0 bridgehead atoms. The molecule has 1 heterocycles. The Balaban J connectivity index is 1.56. The van der Waals surface area contributed by atoms with Gasteiger partial charge in [0.05, 0.1) is 31.6 Å². The molecule has 0 unspecified atom stereocenters. The molecule has 2 aromatic carbocycles. The number of methoxy groups -OCH3 is 2. The van der Waals surface area contributed by atoms with Crippen LogP contribution in [0.2, 0.25) is 0 Å². The monoisotopic (exact) mass is 391 g/mol. The van der Waals surface area contributed by atoms with Gasteiger partial charge in [0.25, 0.3) is 5.91 Å². The highest BCUT2D eigenvalue weighted by atomic mass is 16.5. The Morgan fingerprint density at radius 3 is 2.79 bits per heavy atom. The number of H-pyrrole nitrogens is 1. The summed E-state index contributed by atoms with van der Waals surface area (Å²) < 4.78 is 10.5. The SMILES string of the molecule is COc1ccc(CCNC(=O)/C(C#N)=C\Nc2ccc3nc[nH]c3c2)cc1OC. The van der Waals surface area contributed by atoms with Crippen molar-refractivity contribution in [1.82, 2.24) is 15.3 Å². The Morgan fingerprint density at radius 1 is 1.21 bits per heavy atom. The quantitative estimate of drug-likeness (QED) is 0.402. The van der Waals surface area contributed by atoms with Crippen LogP contribution in [0.25, 0.3) is 11.0 Å². The summed E-state index contributed by atoms with van der Waals surface area (Å²) in [6.07, 6.45) is 3.59. The highest BCUT2D eigenvalue weighted by molar-refractivity contribution is 5.97. The molecule has 3 aromatic rings. The van der Waals surface area contributed by atoms with Crippen molar-refractivity contribution in [3.05, 3.63) is 60.1 Å². The third-order valence-electron chi connectivity index (χ3n) is 4.32. The van der Waals surface area contributed by atoms with Crippen LogP contribution >= 0.6 is 0 Å². The Hall–Kier alpha value is -3.99. The number of nitriles is 1. The molecule has 1 aromatic heterocycles. The maximum absolute atomic E-state index is 12.3. The van der Waals surface area contributed by atoms with Crippen molar-refractivity contribution >= 4 is 22.6 Å². The number of aromatic nitrogens is 2. The second kappa shape index (κ2) is 9.28. The molecule has 0 aliphatic heterocycles. The van der Waals surface area contributed by atoms with E-state index in [1.807, 2.05) is 42.5 Å². The van der Waals surface area contributed by atoms with E-state index in [0.29, 0.717) is 24.5 Å². The average Bonchev–Trinajstić information content (AvgIpc) is 3.22. The topological polar surface area (TPSA) is 112 Å². The van der Waals surface area contributed by atoms with Gasteiger partial charge < -0.3 is 25.1 Å². The molecule has 0 atom stereocenters. The van der Waals surface area contributed by atoms with E-state index in [-0.39, 0.29) is 5.57 Å². The van der Waals surface area contributed by atoms with E-state index >= 15 is 0 Å². The number of nitrogens with one attached hydrogen (secondary N) is 3. The van der Waals surface area contributed by atoms with Crippen LogP contribution in [0, 0.1) is 11.3 Å². The maximum atomic E-state index is 12.3. The normalized spacial score (nSPS) is 11.0. The van der Waals surface area contributed by atoms with Crippen LogP contribution in [0.1, 0.15) is 5.56 Å². The van der Waals surface area contributed by atoms with Gasteiger partial charge in [-0.05, 0) is 42.3 Å². The molecule has 148 valence electrons. The number of fused-ring (bicyclic) bond motifs is 1. The van der Waals surface area contributed by atoms with Crippen LogP contribution < -0.4 is 20.1 Å². The Morgan fingerprint density at radius 2 is 2.03 bits per heavy atom. The second-order valence-corrected chi connectivity index (χ2v) is 6.14. The summed E-state index contributed by atoms with van der Waals surface area (Å²) >= 11 is 0. The van der Waals surface area contributed by atoms with Gasteiger partial charge in [0.2, 0.25) is 0 Å². The number of anilines is 1. The van der Waals surface area contributed by atoms with Crippen molar-refractivity contribution in [3.8, 4) is 17.6 Å². The number of hydrogen-bond acceptors (Lipinski definition) is 6. The third-order valence-corrected chi connectivity index (χ3v) is 4.32. The summed E-state index contributed by atoms with van der Waals surface area (Å²) in [4.78, 5) is 19.4. The zero-order valence-electron chi connectivity index (χ0n) is 16.2. The molecule has 0 aliphatic rings. The van der Waals surface area contributed by atoms with E-state index in [4.69, 9.17) is 9.47 Å². The fraction of sp³-hybridized carbons (Fsp3) is 0.190. The largest absolute Gasteiger partial charge is 0.493 e. The van der Waals surface area contributed by atoms with Gasteiger partial charge in [-0.25, -0.2) is 4.98 Å². The van der Waals surface area contributed by atoms with Gasteiger partial charge in [0, 0.05) is 18.4 Å². The first kappa shape index (κ1) is 19.8. The van der Waals surface area contributed by atoms with Gasteiger partial charge in [0.1, 0.15) is 11.6 Å². The predicted molar refractivity (Wildman–Crippen MR) is 110 cm³/mol. The van der Waals surface area contributed by atoms with Gasteiger partial charge in [-0.3, -0.25) is 4.79 Å².